The Morgan fingerprint density at radius 1 is 1.06 bits per heavy atom. The quantitative estimate of drug-likeness (QED) is 0.833. The molecule has 0 spiro atoms. The van der Waals surface area contributed by atoms with Gasteiger partial charge in [-0.15, -0.1) is 11.6 Å². The highest BCUT2D eigenvalue weighted by Crippen LogP contribution is 2.20. The molecule has 2 aromatic carbocycles. The van der Waals surface area contributed by atoms with Crippen LogP contribution < -0.4 is 5.32 Å². The van der Waals surface area contributed by atoms with E-state index in [9.17, 15) is 4.79 Å². The number of rotatable bonds is 3. The fourth-order valence-corrected chi connectivity index (χ4v) is 2.05. The van der Waals surface area contributed by atoms with Crippen molar-refractivity contribution < 1.29 is 4.79 Å². The molecule has 92 valence electrons. The molecular weight excluding hydrogens is 269 g/mol. The lowest BCUT2D eigenvalue weighted by Crippen LogP contribution is -2.13. The van der Waals surface area contributed by atoms with Gasteiger partial charge in [-0.2, -0.15) is 0 Å². The van der Waals surface area contributed by atoms with E-state index < -0.39 is 0 Å². The van der Waals surface area contributed by atoms with Crippen molar-refractivity contribution in [1.29, 1.82) is 0 Å². The molecule has 0 saturated heterocycles. The van der Waals surface area contributed by atoms with Crippen molar-refractivity contribution in [3.8, 4) is 0 Å². The molecule has 0 radical (unpaired) electrons. The lowest BCUT2D eigenvalue weighted by molar-refractivity contribution is 0.102. The summed E-state index contributed by atoms with van der Waals surface area (Å²) >= 11 is 11.8. The minimum atomic E-state index is -0.238. The number of carbonyl (C=O) groups excluding carboxylic acids is 1. The maximum absolute atomic E-state index is 12.1. The maximum Gasteiger partial charge on any atom is 0.257 e. The smallest absolute Gasteiger partial charge is 0.257 e. The second kappa shape index (κ2) is 5.89. The zero-order chi connectivity index (χ0) is 13.0. The van der Waals surface area contributed by atoms with Crippen LogP contribution in [0.5, 0.6) is 0 Å². The number of carbonyl (C=O) groups is 1. The highest BCUT2D eigenvalue weighted by Gasteiger charge is 2.11. The summed E-state index contributed by atoms with van der Waals surface area (Å²) < 4.78 is 0. The Morgan fingerprint density at radius 2 is 1.72 bits per heavy atom. The van der Waals surface area contributed by atoms with Crippen LogP contribution in [0.4, 0.5) is 5.69 Å². The Balaban J connectivity index is 2.24. The lowest BCUT2D eigenvalue weighted by atomic mass is 10.1. The molecule has 0 atom stereocenters. The van der Waals surface area contributed by atoms with Crippen LogP contribution in [0.2, 0.25) is 5.02 Å². The molecule has 0 saturated carbocycles. The van der Waals surface area contributed by atoms with Crippen molar-refractivity contribution in [2.45, 2.75) is 5.88 Å². The Labute approximate surface area is 116 Å². The number of hydrogen-bond donors (Lipinski definition) is 1. The Hall–Kier alpha value is -1.51. The molecule has 2 nitrogen and oxygen atoms in total. The van der Waals surface area contributed by atoms with Gasteiger partial charge < -0.3 is 5.32 Å². The average molecular weight is 280 g/mol. The van der Waals surface area contributed by atoms with Crippen LogP contribution in [0.1, 0.15) is 15.9 Å². The van der Waals surface area contributed by atoms with Crippen molar-refractivity contribution in [3.63, 3.8) is 0 Å². The molecule has 2 aromatic rings. The number of anilines is 1. The summed E-state index contributed by atoms with van der Waals surface area (Å²) in [6.07, 6.45) is 0. The maximum atomic E-state index is 12.1. The molecule has 0 heterocycles. The first-order chi connectivity index (χ1) is 8.72. The van der Waals surface area contributed by atoms with E-state index in [4.69, 9.17) is 23.2 Å². The summed E-state index contributed by atoms with van der Waals surface area (Å²) in [6.45, 7) is 0. The highest BCUT2D eigenvalue weighted by atomic mass is 35.5. The van der Waals surface area contributed by atoms with Gasteiger partial charge in [0.25, 0.3) is 5.91 Å². The predicted molar refractivity (Wildman–Crippen MR) is 75.4 cm³/mol. The lowest BCUT2D eigenvalue weighted by Gasteiger charge is -2.09. The predicted octanol–water partition coefficient (Wildman–Crippen LogP) is 4.33. The third-order valence-corrected chi connectivity index (χ3v) is 3.15. The summed E-state index contributed by atoms with van der Waals surface area (Å²) in [4.78, 5) is 12.1. The van der Waals surface area contributed by atoms with Crippen LogP contribution in [0.3, 0.4) is 0 Å². The first-order valence-corrected chi connectivity index (χ1v) is 6.33. The van der Waals surface area contributed by atoms with Crippen LogP contribution in [0.25, 0.3) is 0 Å². The SMILES string of the molecule is O=C(Nc1ccccc1CCl)c1ccccc1Cl. The normalized spacial score (nSPS) is 10.1. The fourth-order valence-electron chi connectivity index (χ4n) is 1.59. The highest BCUT2D eigenvalue weighted by molar-refractivity contribution is 6.34. The van der Waals surface area contributed by atoms with Gasteiger partial charge in [-0.05, 0) is 23.8 Å². The van der Waals surface area contributed by atoms with E-state index in [1.807, 2.05) is 24.3 Å². The molecule has 4 heteroatoms. The Kier molecular flexibility index (Phi) is 4.24. The van der Waals surface area contributed by atoms with Crippen LogP contribution in [-0.2, 0) is 5.88 Å². The molecule has 0 unspecified atom stereocenters. The molecule has 0 aliphatic rings. The number of amides is 1. The molecule has 0 aliphatic heterocycles. The van der Waals surface area contributed by atoms with Gasteiger partial charge in [-0.3, -0.25) is 4.79 Å². The van der Waals surface area contributed by atoms with Crippen LogP contribution in [0.15, 0.2) is 48.5 Å². The average Bonchev–Trinajstić information content (AvgIpc) is 2.39. The first kappa shape index (κ1) is 12.9. The largest absolute Gasteiger partial charge is 0.322 e. The summed E-state index contributed by atoms with van der Waals surface area (Å²) in [6, 6.07) is 14.3. The molecular formula is C14H11Cl2NO. The first-order valence-electron chi connectivity index (χ1n) is 5.42. The number of halogens is 2. The zero-order valence-electron chi connectivity index (χ0n) is 9.49. The minimum Gasteiger partial charge on any atom is -0.322 e. The van der Waals surface area contributed by atoms with Crippen LogP contribution in [-0.4, -0.2) is 5.91 Å². The van der Waals surface area contributed by atoms with Gasteiger partial charge in [0, 0.05) is 11.6 Å². The second-order valence-corrected chi connectivity index (χ2v) is 4.40. The van der Waals surface area contributed by atoms with Crippen LogP contribution in [0, 0.1) is 0 Å². The van der Waals surface area contributed by atoms with Crippen molar-refractivity contribution in [2.75, 3.05) is 5.32 Å². The summed E-state index contributed by atoms with van der Waals surface area (Å²) in [5.41, 5.74) is 2.03. The molecule has 1 amide bonds. The number of benzene rings is 2. The monoisotopic (exact) mass is 279 g/mol. The third kappa shape index (κ3) is 2.84. The standard InChI is InChI=1S/C14H11Cl2NO/c15-9-10-5-1-4-8-13(10)17-14(18)11-6-2-3-7-12(11)16/h1-8H,9H2,(H,17,18). The number of nitrogens with one attached hydrogen (secondary N) is 1. The van der Waals surface area contributed by atoms with Gasteiger partial charge in [0.15, 0.2) is 0 Å². The Morgan fingerprint density at radius 3 is 2.44 bits per heavy atom. The molecule has 18 heavy (non-hydrogen) atoms. The Bertz CT molecular complexity index is 569. The van der Waals surface area contributed by atoms with Gasteiger partial charge in [0.05, 0.1) is 10.6 Å². The molecule has 0 aliphatic carbocycles. The molecule has 0 aromatic heterocycles. The summed E-state index contributed by atoms with van der Waals surface area (Å²) in [7, 11) is 0. The van der Waals surface area contributed by atoms with E-state index in [0.29, 0.717) is 22.2 Å². The van der Waals surface area contributed by atoms with Gasteiger partial charge in [-0.1, -0.05) is 41.9 Å². The van der Waals surface area contributed by atoms with Gasteiger partial charge in [0.2, 0.25) is 0 Å². The van der Waals surface area contributed by atoms with Crippen LogP contribution >= 0.6 is 23.2 Å². The van der Waals surface area contributed by atoms with E-state index in [1.54, 1.807) is 24.3 Å². The van der Waals surface area contributed by atoms with Gasteiger partial charge >= 0.3 is 0 Å². The minimum absolute atomic E-state index is 0.238. The topological polar surface area (TPSA) is 29.1 Å². The summed E-state index contributed by atoms with van der Waals surface area (Å²) in [5, 5.41) is 3.24. The fraction of sp³-hybridized carbons (Fsp3) is 0.0714. The molecule has 0 bridgehead atoms. The van der Waals surface area contributed by atoms with E-state index >= 15 is 0 Å². The second-order valence-electron chi connectivity index (χ2n) is 3.72. The number of hydrogen-bond acceptors (Lipinski definition) is 1. The summed E-state index contributed by atoms with van der Waals surface area (Å²) in [5.74, 6) is 0.108. The van der Waals surface area contributed by atoms with Gasteiger partial charge in [-0.25, -0.2) is 0 Å². The number of para-hydroxylation sites is 1. The van der Waals surface area contributed by atoms with Crippen molar-refractivity contribution >= 4 is 34.8 Å². The van der Waals surface area contributed by atoms with E-state index in [0.717, 1.165) is 5.56 Å². The van der Waals surface area contributed by atoms with Crippen molar-refractivity contribution in [1.82, 2.24) is 0 Å². The number of alkyl halides is 1. The van der Waals surface area contributed by atoms with Crippen molar-refractivity contribution in [2.24, 2.45) is 0 Å². The zero-order valence-corrected chi connectivity index (χ0v) is 11.0. The molecule has 1 N–H and O–H groups in total. The van der Waals surface area contributed by atoms with E-state index in [2.05, 4.69) is 5.32 Å². The van der Waals surface area contributed by atoms with E-state index in [1.165, 1.54) is 0 Å². The molecule has 0 fully saturated rings. The van der Waals surface area contributed by atoms with Crippen molar-refractivity contribution in [3.05, 3.63) is 64.7 Å². The third-order valence-electron chi connectivity index (χ3n) is 2.53. The van der Waals surface area contributed by atoms with Gasteiger partial charge in [0.1, 0.15) is 0 Å². The molecule has 2 rings (SSSR count). The van der Waals surface area contributed by atoms with E-state index in [-0.39, 0.29) is 5.91 Å².